The topological polar surface area (TPSA) is 15.8 Å². The fourth-order valence-electron chi connectivity index (χ4n) is 1.79. The second kappa shape index (κ2) is 3.73. The molecule has 0 fully saturated rings. The molecule has 1 N–H and O–H groups in total. The van der Waals surface area contributed by atoms with E-state index in [2.05, 4.69) is 29.2 Å². The summed E-state index contributed by atoms with van der Waals surface area (Å²) in [6, 6.07) is 12.5. The van der Waals surface area contributed by atoms with Gasteiger partial charge in [0.05, 0.1) is 0 Å². The molecule has 1 heterocycles. The lowest BCUT2D eigenvalue weighted by molar-refractivity contribution is 1.45. The van der Waals surface area contributed by atoms with E-state index in [1.165, 1.54) is 22.1 Å². The zero-order valence-corrected chi connectivity index (χ0v) is 10.6. The molecular weight excluding hydrogens is 254 g/mol. The van der Waals surface area contributed by atoms with Crippen molar-refractivity contribution in [3.8, 4) is 0 Å². The number of hydrogen-bond acceptors (Lipinski definition) is 3. The van der Waals surface area contributed by atoms with E-state index in [1.807, 2.05) is 12.1 Å². The van der Waals surface area contributed by atoms with Crippen LogP contribution < -0.4 is 0 Å². The quantitative estimate of drug-likeness (QED) is 0.460. The summed E-state index contributed by atoms with van der Waals surface area (Å²) >= 11 is 11.9. The Morgan fingerprint density at radius 3 is 2.44 bits per heavy atom. The normalized spacial score (nSPS) is 11.0. The predicted octanol–water partition coefficient (Wildman–Crippen LogP) is 4.84. The molecule has 0 aliphatic heterocycles. The van der Waals surface area contributed by atoms with E-state index < -0.39 is 0 Å². The van der Waals surface area contributed by atoms with Crippen molar-refractivity contribution in [2.45, 2.75) is 0 Å². The molecule has 78 valence electrons. The van der Waals surface area contributed by atoms with Crippen molar-refractivity contribution in [3.05, 3.63) is 44.2 Å². The van der Waals surface area contributed by atoms with Crippen LogP contribution in [0.4, 0.5) is 0 Å². The number of benzene rings is 2. The van der Waals surface area contributed by atoms with E-state index in [0.29, 0.717) is 0 Å². The van der Waals surface area contributed by atoms with Crippen molar-refractivity contribution >= 4 is 57.4 Å². The van der Waals surface area contributed by atoms with Gasteiger partial charge in [-0.1, -0.05) is 47.8 Å². The van der Waals surface area contributed by atoms with Crippen molar-refractivity contribution in [3.63, 3.8) is 0 Å². The Hall–Kier alpha value is -1.10. The van der Waals surface area contributed by atoms with Gasteiger partial charge in [-0.3, -0.25) is 0 Å². The van der Waals surface area contributed by atoms with Gasteiger partial charge in [0.1, 0.15) is 3.82 Å². The molecule has 4 heteroatoms. The molecule has 0 radical (unpaired) electrons. The first-order chi connectivity index (χ1) is 7.74. The van der Waals surface area contributed by atoms with Crippen molar-refractivity contribution in [2.24, 2.45) is 0 Å². The molecule has 16 heavy (non-hydrogen) atoms. The molecule has 3 rings (SSSR count). The number of hydrogen-bond donors (Lipinski definition) is 1. The van der Waals surface area contributed by atoms with Crippen LogP contribution in [-0.4, -0.2) is 4.98 Å². The van der Waals surface area contributed by atoms with Gasteiger partial charge in [-0.25, -0.2) is 0 Å². The van der Waals surface area contributed by atoms with Crippen LogP contribution in [0, 0.1) is 7.78 Å². The minimum absolute atomic E-state index is 0.729. The average Bonchev–Trinajstić information content (AvgIpc) is 2.27. The van der Waals surface area contributed by atoms with E-state index in [0.717, 1.165) is 18.7 Å². The van der Waals surface area contributed by atoms with Crippen molar-refractivity contribution in [1.82, 2.24) is 4.98 Å². The van der Waals surface area contributed by atoms with Crippen molar-refractivity contribution in [1.29, 1.82) is 0 Å². The molecule has 0 saturated heterocycles. The van der Waals surface area contributed by atoms with Crippen LogP contribution in [-0.2, 0) is 0 Å². The summed E-state index contributed by atoms with van der Waals surface area (Å²) in [5.74, 6) is 0. The zero-order chi connectivity index (χ0) is 11.1. The number of rotatable bonds is 0. The van der Waals surface area contributed by atoms with Crippen molar-refractivity contribution in [2.75, 3.05) is 0 Å². The van der Waals surface area contributed by atoms with E-state index in [9.17, 15) is 0 Å². The van der Waals surface area contributed by atoms with E-state index in [1.54, 1.807) is 0 Å². The van der Waals surface area contributed by atoms with Gasteiger partial charge >= 0.3 is 0 Å². The number of H-pyrrole nitrogens is 1. The predicted molar refractivity (Wildman–Crippen MR) is 75.3 cm³/mol. The molecule has 0 spiro atoms. The third-order valence-corrected chi connectivity index (χ3v) is 4.04. The summed E-state index contributed by atoms with van der Waals surface area (Å²) in [6.45, 7) is 0. The molecule has 1 nitrogen and oxygen atoms in total. The molecule has 0 aliphatic carbocycles. The first-order valence-corrected chi connectivity index (χ1v) is 6.43. The second-order valence-corrected chi connectivity index (χ2v) is 5.90. The highest BCUT2D eigenvalue weighted by molar-refractivity contribution is 7.76. The van der Waals surface area contributed by atoms with Gasteiger partial charge < -0.3 is 4.98 Å². The molecule has 2 aromatic carbocycles. The molecule has 1 aromatic heterocycles. The van der Waals surface area contributed by atoms with Gasteiger partial charge in [0.25, 0.3) is 0 Å². The van der Waals surface area contributed by atoms with Crippen LogP contribution in [0.1, 0.15) is 0 Å². The number of nitrogens with one attached hydrogen (secondary N) is 1. The first-order valence-electron chi connectivity index (χ1n) is 4.80. The summed E-state index contributed by atoms with van der Waals surface area (Å²) in [6.07, 6.45) is 0. The highest BCUT2D eigenvalue weighted by Crippen LogP contribution is 2.23. The van der Waals surface area contributed by atoms with Gasteiger partial charge in [-0.15, -0.1) is 0 Å². The average molecular weight is 261 g/mol. The lowest BCUT2D eigenvalue weighted by Crippen LogP contribution is -1.80. The van der Waals surface area contributed by atoms with E-state index in [-0.39, 0.29) is 0 Å². The third kappa shape index (κ3) is 1.59. The third-order valence-electron chi connectivity index (χ3n) is 2.53. The summed E-state index contributed by atoms with van der Waals surface area (Å²) in [5, 5.41) is 3.48. The SMILES string of the molecule is S=c1[nH]c2cc3ccccc3cc2c(=S)s1. The monoisotopic (exact) mass is 261 g/mol. The molecule has 0 bridgehead atoms. The van der Waals surface area contributed by atoms with Crippen LogP contribution >= 0.6 is 35.8 Å². The Bertz CT molecular complexity index is 798. The minimum Gasteiger partial charge on any atom is -0.337 e. The maximum Gasteiger partial charge on any atom is 0.160 e. The van der Waals surface area contributed by atoms with E-state index in [4.69, 9.17) is 24.4 Å². The fourth-order valence-corrected chi connectivity index (χ4v) is 3.33. The van der Waals surface area contributed by atoms with Gasteiger partial charge in [0, 0.05) is 10.9 Å². The van der Waals surface area contributed by atoms with Gasteiger partial charge in [-0.05, 0) is 35.1 Å². The van der Waals surface area contributed by atoms with Crippen LogP contribution in [0.25, 0.3) is 21.7 Å². The van der Waals surface area contributed by atoms with E-state index >= 15 is 0 Å². The lowest BCUT2D eigenvalue weighted by Gasteiger charge is -2.01. The van der Waals surface area contributed by atoms with Crippen LogP contribution in [0.5, 0.6) is 0 Å². The van der Waals surface area contributed by atoms with Crippen LogP contribution in [0.15, 0.2) is 36.4 Å². The Kier molecular flexibility index (Phi) is 2.35. The molecular formula is C12H7NS3. The van der Waals surface area contributed by atoms with Gasteiger partial charge in [0.15, 0.2) is 3.95 Å². The molecule has 0 unspecified atom stereocenters. The summed E-state index contributed by atoms with van der Waals surface area (Å²) in [7, 11) is 0. The zero-order valence-electron chi connectivity index (χ0n) is 8.19. The smallest absolute Gasteiger partial charge is 0.160 e. The minimum atomic E-state index is 0.729. The Balaban J connectivity index is 2.61. The lowest BCUT2D eigenvalue weighted by atomic mass is 10.1. The molecule has 0 amide bonds. The van der Waals surface area contributed by atoms with Crippen molar-refractivity contribution < 1.29 is 0 Å². The van der Waals surface area contributed by atoms with Gasteiger partial charge in [-0.2, -0.15) is 0 Å². The number of aromatic amines is 1. The number of aromatic nitrogens is 1. The highest BCUT2D eigenvalue weighted by atomic mass is 32.2. The summed E-state index contributed by atoms with van der Waals surface area (Å²) in [4.78, 5) is 3.19. The number of fused-ring (bicyclic) bond motifs is 2. The first kappa shape index (κ1) is 10.1. The Labute approximate surface area is 106 Å². The summed E-state index contributed by atoms with van der Waals surface area (Å²) in [5.41, 5.74) is 1.02. The summed E-state index contributed by atoms with van der Waals surface area (Å²) < 4.78 is 1.58. The Morgan fingerprint density at radius 1 is 1.00 bits per heavy atom. The van der Waals surface area contributed by atoms with Crippen LogP contribution in [0.3, 0.4) is 0 Å². The largest absolute Gasteiger partial charge is 0.337 e. The van der Waals surface area contributed by atoms with Crippen LogP contribution in [0.2, 0.25) is 0 Å². The molecule has 0 aliphatic rings. The standard InChI is InChI=1S/C12H7NS3/c14-11-9-5-7-3-1-2-4-8(7)6-10(9)13-12(15)16-11/h1-6H,(H,13,15). The maximum absolute atomic E-state index is 5.34. The Morgan fingerprint density at radius 2 is 1.69 bits per heavy atom. The van der Waals surface area contributed by atoms with Gasteiger partial charge in [0.2, 0.25) is 0 Å². The fraction of sp³-hybridized carbons (Fsp3) is 0. The second-order valence-electron chi connectivity index (χ2n) is 3.55. The highest BCUT2D eigenvalue weighted by Gasteiger charge is 1.99. The molecule has 0 saturated carbocycles. The molecule has 0 atom stereocenters. The maximum atomic E-state index is 5.34. The molecule has 3 aromatic rings.